The molecule has 1 aromatic heterocycles. The monoisotopic (exact) mass is 232 g/mol. The molecule has 0 atom stereocenters. The Morgan fingerprint density at radius 2 is 1.94 bits per heavy atom. The SMILES string of the molecule is Cc1noc(-c2ccc(OCC(C)C)cc2)n1. The highest BCUT2D eigenvalue weighted by atomic mass is 16.5. The minimum absolute atomic E-state index is 0.522. The number of hydrogen-bond donors (Lipinski definition) is 0. The van der Waals surface area contributed by atoms with Crippen molar-refractivity contribution < 1.29 is 9.26 Å². The van der Waals surface area contributed by atoms with Gasteiger partial charge in [-0.2, -0.15) is 4.98 Å². The summed E-state index contributed by atoms with van der Waals surface area (Å²) in [6.45, 7) is 6.76. The second-order valence-electron chi connectivity index (χ2n) is 4.38. The molecule has 4 nitrogen and oxygen atoms in total. The lowest BCUT2D eigenvalue weighted by Gasteiger charge is -2.08. The third kappa shape index (κ3) is 3.06. The number of benzene rings is 1. The molecule has 0 aliphatic heterocycles. The van der Waals surface area contributed by atoms with Gasteiger partial charge in [0.15, 0.2) is 5.82 Å². The number of aromatic nitrogens is 2. The highest BCUT2D eigenvalue weighted by Gasteiger charge is 2.06. The van der Waals surface area contributed by atoms with Crippen LogP contribution in [-0.4, -0.2) is 16.7 Å². The molecule has 0 aliphatic rings. The van der Waals surface area contributed by atoms with Crippen LogP contribution >= 0.6 is 0 Å². The molecule has 0 unspecified atom stereocenters. The molecule has 0 fully saturated rings. The highest BCUT2D eigenvalue weighted by Crippen LogP contribution is 2.21. The summed E-state index contributed by atoms with van der Waals surface area (Å²) in [5, 5.41) is 3.76. The molecule has 0 spiro atoms. The lowest BCUT2D eigenvalue weighted by molar-refractivity contribution is 0.271. The largest absolute Gasteiger partial charge is 0.493 e. The summed E-state index contributed by atoms with van der Waals surface area (Å²) < 4.78 is 10.7. The summed E-state index contributed by atoms with van der Waals surface area (Å²) in [4.78, 5) is 4.17. The summed E-state index contributed by atoms with van der Waals surface area (Å²) in [5.41, 5.74) is 0.905. The van der Waals surface area contributed by atoms with Gasteiger partial charge in [-0.1, -0.05) is 19.0 Å². The first-order chi connectivity index (χ1) is 8.15. The third-order valence-corrected chi connectivity index (χ3v) is 2.21. The zero-order valence-electron chi connectivity index (χ0n) is 10.3. The van der Waals surface area contributed by atoms with Gasteiger partial charge in [-0.15, -0.1) is 0 Å². The van der Waals surface area contributed by atoms with E-state index in [2.05, 4.69) is 24.0 Å². The van der Waals surface area contributed by atoms with E-state index < -0.39 is 0 Å². The standard InChI is InChI=1S/C13H16N2O2/c1-9(2)8-16-12-6-4-11(5-7-12)13-14-10(3)15-17-13/h4-7,9H,8H2,1-3H3. The van der Waals surface area contributed by atoms with Crippen molar-refractivity contribution in [1.82, 2.24) is 10.1 Å². The Hall–Kier alpha value is -1.84. The predicted molar refractivity (Wildman–Crippen MR) is 64.8 cm³/mol. The number of hydrogen-bond acceptors (Lipinski definition) is 4. The molecule has 1 heterocycles. The Balaban J connectivity index is 2.07. The zero-order valence-corrected chi connectivity index (χ0v) is 10.3. The summed E-state index contributed by atoms with van der Waals surface area (Å²) >= 11 is 0. The average Bonchev–Trinajstić information content (AvgIpc) is 2.74. The molecule has 2 rings (SSSR count). The van der Waals surface area contributed by atoms with Gasteiger partial charge >= 0.3 is 0 Å². The van der Waals surface area contributed by atoms with Gasteiger partial charge in [-0.25, -0.2) is 0 Å². The van der Waals surface area contributed by atoms with Crippen molar-refractivity contribution in [3.05, 3.63) is 30.1 Å². The Bertz CT molecular complexity index is 474. The lowest BCUT2D eigenvalue weighted by Crippen LogP contribution is -2.04. The predicted octanol–water partition coefficient (Wildman–Crippen LogP) is 3.08. The fraction of sp³-hybridized carbons (Fsp3) is 0.385. The molecule has 0 radical (unpaired) electrons. The smallest absolute Gasteiger partial charge is 0.257 e. The molecule has 0 bridgehead atoms. The Kier molecular flexibility index (Phi) is 3.42. The van der Waals surface area contributed by atoms with E-state index in [-0.39, 0.29) is 0 Å². The van der Waals surface area contributed by atoms with Crippen LogP contribution in [0.4, 0.5) is 0 Å². The molecule has 2 aromatic rings. The van der Waals surface area contributed by atoms with Crippen LogP contribution in [0.3, 0.4) is 0 Å². The van der Waals surface area contributed by atoms with Gasteiger partial charge in [0.25, 0.3) is 5.89 Å². The quantitative estimate of drug-likeness (QED) is 0.812. The maximum Gasteiger partial charge on any atom is 0.257 e. The van der Waals surface area contributed by atoms with Crippen molar-refractivity contribution >= 4 is 0 Å². The van der Waals surface area contributed by atoms with E-state index in [4.69, 9.17) is 9.26 Å². The maximum atomic E-state index is 5.60. The number of ether oxygens (including phenoxy) is 1. The van der Waals surface area contributed by atoms with Crippen LogP contribution in [0.1, 0.15) is 19.7 Å². The minimum atomic E-state index is 0.522. The van der Waals surface area contributed by atoms with Crippen LogP contribution in [0.25, 0.3) is 11.5 Å². The van der Waals surface area contributed by atoms with Gasteiger partial charge in [0.05, 0.1) is 6.61 Å². The van der Waals surface area contributed by atoms with Gasteiger partial charge in [0.2, 0.25) is 0 Å². The Morgan fingerprint density at radius 3 is 2.47 bits per heavy atom. The van der Waals surface area contributed by atoms with E-state index in [1.165, 1.54) is 0 Å². The molecule has 0 amide bonds. The Labute approximate surface area is 101 Å². The molecule has 0 N–H and O–H groups in total. The van der Waals surface area contributed by atoms with E-state index in [9.17, 15) is 0 Å². The van der Waals surface area contributed by atoms with E-state index in [0.29, 0.717) is 17.6 Å². The van der Waals surface area contributed by atoms with E-state index in [1.54, 1.807) is 6.92 Å². The molecule has 0 saturated heterocycles. The highest BCUT2D eigenvalue weighted by molar-refractivity contribution is 5.54. The van der Waals surface area contributed by atoms with Crippen LogP contribution in [0.2, 0.25) is 0 Å². The van der Waals surface area contributed by atoms with Crippen molar-refractivity contribution in [2.24, 2.45) is 5.92 Å². The maximum absolute atomic E-state index is 5.60. The molecule has 4 heteroatoms. The molecule has 90 valence electrons. The van der Waals surface area contributed by atoms with Gasteiger partial charge < -0.3 is 9.26 Å². The zero-order chi connectivity index (χ0) is 12.3. The molecular weight excluding hydrogens is 216 g/mol. The van der Waals surface area contributed by atoms with Gasteiger partial charge in [0.1, 0.15) is 5.75 Å². The van der Waals surface area contributed by atoms with Gasteiger partial charge in [-0.05, 0) is 37.1 Å². The van der Waals surface area contributed by atoms with Gasteiger partial charge in [-0.3, -0.25) is 0 Å². The molecular formula is C13H16N2O2. The second-order valence-corrected chi connectivity index (χ2v) is 4.38. The van der Waals surface area contributed by atoms with Gasteiger partial charge in [0, 0.05) is 5.56 Å². The fourth-order valence-corrected chi connectivity index (χ4v) is 1.37. The topological polar surface area (TPSA) is 48.2 Å². The fourth-order valence-electron chi connectivity index (χ4n) is 1.37. The van der Waals surface area contributed by atoms with E-state index >= 15 is 0 Å². The molecule has 1 aromatic carbocycles. The van der Waals surface area contributed by atoms with E-state index in [0.717, 1.165) is 17.9 Å². The summed E-state index contributed by atoms with van der Waals surface area (Å²) in [7, 11) is 0. The van der Waals surface area contributed by atoms with E-state index in [1.807, 2.05) is 24.3 Å². The van der Waals surface area contributed by atoms with Crippen LogP contribution in [-0.2, 0) is 0 Å². The first-order valence-corrected chi connectivity index (χ1v) is 5.68. The first kappa shape index (κ1) is 11.6. The van der Waals surface area contributed by atoms with Crippen molar-refractivity contribution in [1.29, 1.82) is 0 Å². The van der Waals surface area contributed by atoms with Crippen LogP contribution in [0.15, 0.2) is 28.8 Å². The summed E-state index contributed by atoms with van der Waals surface area (Å²) in [6, 6.07) is 7.67. The van der Waals surface area contributed by atoms with Crippen molar-refractivity contribution in [3.63, 3.8) is 0 Å². The minimum Gasteiger partial charge on any atom is -0.493 e. The third-order valence-electron chi connectivity index (χ3n) is 2.21. The first-order valence-electron chi connectivity index (χ1n) is 5.68. The van der Waals surface area contributed by atoms with Crippen LogP contribution in [0.5, 0.6) is 5.75 Å². The number of nitrogens with zero attached hydrogens (tertiary/aromatic N) is 2. The van der Waals surface area contributed by atoms with Crippen LogP contribution < -0.4 is 4.74 Å². The van der Waals surface area contributed by atoms with Crippen molar-refractivity contribution in [3.8, 4) is 17.2 Å². The second kappa shape index (κ2) is 4.99. The molecule has 17 heavy (non-hydrogen) atoms. The molecule has 0 saturated carbocycles. The van der Waals surface area contributed by atoms with Crippen molar-refractivity contribution in [2.45, 2.75) is 20.8 Å². The van der Waals surface area contributed by atoms with Crippen molar-refractivity contribution in [2.75, 3.05) is 6.61 Å². The average molecular weight is 232 g/mol. The molecule has 0 aliphatic carbocycles. The summed E-state index contributed by atoms with van der Waals surface area (Å²) in [6.07, 6.45) is 0. The normalized spacial score (nSPS) is 10.8. The number of rotatable bonds is 4. The number of aryl methyl sites for hydroxylation is 1. The van der Waals surface area contributed by atoms with Crippen LogP contribution in [0, 0.1) is 12.8 Å². The lowest BCUT2D eigenvalue weighted by atomic mass is 10.2. The summed E-state index contributed by atoms with van der Waals surface area (Å²) in [5.74, 6) is 2.56. The Morgan fingerprint density at radius 1 is 1.24 bits per heavy atom.